The van der Waals surface area contributed by atoms with Crippen molar-refractivity contribution in [3.8, 4) is 0 Å². The van der Waals surface area contributed by atoms with Gasteiger partial charge in [0.15, 0.2) is 0 Å². The summed E-state index contributed by atoms with van der Waals surface area (Å²) in [5.74, 6) is -1.70. The van der Waals surface area contributed by atoms with E-state index in [0.29, 0.717) is 6.54 Å². The molecule has 0 unspecified atom stereocenters. The maximum atomic E-state index is 14.3. The van der Waals surface area contributed by atoms with Gasteiger partial charge < -0.3 is 4.74 Å². The number of aromatic nitrogens is 3. The molecular weight excluding hydrogens is 425 g/mol. The molecule has 1 fully saturated rings. The summed E-state index contributed by atoms with van der Waals surface area (Å²) >= 11 is 0. The van der Waals surface area contributed by atoms with Crippen LogP contribution >= 0.6 is 0 Å². The van der Waals surface area contributed by atoms with Crippen LogP contribution in [0.3, 0.4) is 0 Å². The Hall–Kier alpha value is -3.15. The number of carbonyl (C=O) groups is 1. The summed E-state index contributed by atoms with van der Waals surface area (Å²) in [6, 6.07) is 12.7. The van der Waals surface area contributed by atoms with E-state index in [9.17, 15) is 17.6 Å². The average Bonchev–Trinajstić information content (AvgIpc) is 3.21. The third-order valence-electron chi connectivity index (χ3n) is 4.74. The van der Waals surface area contributed by atoms with Crippen LogP contribution < -0.4 is 5.32 Å². The molecule has 2 heterocycles. The minimum atomic E-state index is -3.87. The van der Waals surface area contributed by atoms with Crippen LogP contribution in [0.5, 0.6) is 0 Å². The average molecular weight is 445 g/mol. The van der Waals surface area contributed by atoms with E-state index in [2.05, 4.69) is 15.4 Å². The zero-order chi connectivity index (χ0) is 21.8. The summed E-state index contributed by atoms with van der Waals surface area (Å²) < 4.78 is 47.9. The Kier molecular flexibility index (Phi) is 6.07. The number of anilines is 1. The highest BCUT2D eigenvalue weighted by Gasteiger charge is 2.28. The Morgan fingerprint density at radius 3 is 2.61 bits per heavy atom. The van der Waals surface area contributed by atoms with Gasteiger partial charge in [-0.3, -0.25) is 10.1 Å². The first kappa shape index (κ1) is 21.1. The van der Waals surface area contributed by atoms with Crippen molar-refractivity contribution in [3.63, 3.8) is 0 Å². The first-order valence-electron chi connectivity index (χ1n) is 9.56. The van der Waals surface area contributed by atoms with E-state index in [1.165, 1.54) is 15.3 Å². The number of benzene rings is 2. The minimum Gasteiger partial charge on any atom is -0.379 e. The number of carbonyl (C=O) groups excluding carboxylic acids is 1. The van der Waals surface area contributed by atoms with Crippen molar-refractivity contribution in [3.05, 3.63) is 71.8 Å². The normalized spacial score (nSPS) is 15.0. The molecule has 1 aliphatic rings. The standard InChI is InChI=1S/C20H20FN5O4S/c21-18-7-6-16(31(28,29)26-8-10-30-11-9-26)12-17(18)19(27)23-20-22-14-25(24-20)13-15-4-2-1-3-5-15/h1-7,12,14H,8-11,13H2,(H,23,24,27). The van der Waals surface area contributed by atoms with Crippen molar-refractivity contribution in [2.24, 2.45) is 0 Å². The maximum absolute atomic E-state index is 14.3. The fourth-order valence-electron chi connectivity index (χ4n) is 3.14. The second kappa shape index (κ2) is 8.92. The number of ether oxygens (including phenoxy) is 1. The Bertz CT molecular complexity index is 1180. The van der Waals surface area contributed by atoms with Crippen molar-refractivity contribution in [2.45, 2.75) is 11.4 Å². The topological polar surface area (TPSA) is 106 Å². The predicted octanol–water partition coefficient (Wildman–Crippen LogP) is 1.74. The zero-order valence-electron chi connectivity index (χ0n) is 16.4. The molecule has 1 aromatic heterocycles. The van der Waals surface area contributed by atoms with E-state index in [4.69, 9.17) is 4.74 Å². The van der Waals surface area contributed by atoms with Gasteiger partial charge in [0.05, 0.1) is 30.2 Å². The number of nitrogens with zero attached hydrogens (tertiary/aromatic N) is 4. The molecule has 0 aliphatic carbocycles. The number of hydrogen-bond acceptors (Lipinski definition) is 6. The lowest BCUT2D eigenvalue weighted by atomic mass is 10.2. The van der Waals surface area contributed by atoms with Crippen molar-refractivity contribution >= 4 is 21.9 Å². The monoisotopic (exact) mass is 445 g/mol. The molecule has 0 spiro atoms. The van der Waals surface area contributed by atoms with Crippen LogP contribution in [0.15, 0.2) is 59.8 Å². The summed E-state index contributed by atoms with van der Waals surface area (Å²) in [4.78, 5) is 16.4. The van der Waals surface area contributed by atoms with Gasteiger partial charge in [-0.25, -0.2) is 22.5 Å². The number of amides is 1. The lowest BCUT2D eigenvalue weighted by Crippen LogP contribution is -2.40. The third kappa shape index (κ3) is 4.79. The van der Waals surface area contributed by atoms with E-state index in [1.54, 1.807) is 0 Å². The molecule has 31 heavy (non-hydrogen) atoms. The molecule has 3 aromatic rings. The smallest absolute Gasteiger partial charge is 0.261 e. The fraction of sp³-hybridized carbons (Fsp3) is 0.250. The molecule has 1 N–H and O–H groups in total. The largest absolute Gasteiger partial charge is 0.379 e. The van der Waals surface area contributed by atoms with Crippen molar-refractivity contribution in [1.82, 2.24) is 19.1 Å². The minimum absolute atomic E-state index is 0.0122. The molecule has 1 saturated heterocycles. The van der Waals surface area contributed by atoms with Gasteiger partial charge >= 0.3 is 0 Å². The van der Waals surface area contributed by atoms with Gasteiger partial charge in [0.2, 0.25) is 16.0 Å². The van der Waals surface area contributed by atoms with Crippen LogP contribution in [0.25, 0.3) is 0 Å². The SMILES string of the molecule is O=C(Nc1ncn(Cc2ccccc2)n1)c1cc(S(=O)(=O)N2CCOCC2)ccc1F. The van der Waals surface area contributed by atoms with Crippen LogP contribution in [-0.2, 0) is 21.3 Å². The fourth-order valence-corrected chi connectivity index (χ4v) is 4.58. The molecule has 0 atom stereocenters. The molecular formula is C20H20FN5O4S. The van der Waals surface area contributed by atoms with E-state index in [1.807, 2.05) is 30.3 Å². The van der Waals surface area contributed by atoms with Crippen LogP contribution in [0.4, 0.5) is 10.3 Å². The summed E-state index contributed by atoms with van der Waals surface area (Å²) in [5.41, 5.74) is 0.589. The first-order valence-corrected chi connectivity index (χ1v) is 11.0. The highest BCUT2D eigenvalue weighted by atomic mass is 32.2. The summed E-state index contributed by atoms with van der Waals surface area (Å²) in [7, 11) is -3.87. The number of hydrogen-bond donors (Lipinski definition) is 1. The van der Waals surface area contributed by atoms with Gasteiger partial charge in [-0.1, -0.05) is 30.3 Å². The van der Waals surface area contributed by atoms with E-state index in [-0.39, 0.29) is 37.1 Å². The Morgan fingerprint density at radius 2 is 1.87 bits per heavy atom. The van der Waals surface area contributed by atoms with Gasteiger partial charge in [-0.05, 0) is 23.8 Å². The lowest BCUT2D eigenvalue weighted by Gasteiger charge is -2.26. The first-order chi connectivity index (χ1) is 14.9. The van der Waals surface area contributed by atoms with Gasteiger partial charge in [0.25, 0.3) is 5.91 Å². The molecule has 162 valence electrons. The lowest BCUT2D eigenvalue weighted by molar-refractivity contribution is 0.0730. The number of rotatable bonds is 6. The van der Waals surface area contributed by atoms with Gasteiger partial charge in [-0.2, -0.15) is 4.31 Å². The van der Waals surface area contributed by atoms with E-state index < -0.39 is 27.3 Å². The quantitative estimate of drug-likeness (QED) is 0.620. The van der Waals surface area contributed by atoms with Gasteiger partial charge in [-0.15, -0.1) is 5.10 Å². The molecule has 2 aromatic carbocycles. The highest BCUT2D eigenvalue weighted by Crippen LogP contribution is 2.21. The molecule has 0 radical (unpaired) electrons. The highest BCUT2D eigenvalue weighted by molar-refractivity contribution is 7.89. The second-order valence-corrected chi connectivity index (χ2v) is 8.80. The predicted molar refractivity (Wildman–Crippen MR) is 109 cm³/mol. The molecule has 0 saturated carbocycles. The summed E-state index contributed by atoms with van der Waals surface area (Å²) in [6.07, 6.45) is 1.44. The Morgan fingerprint density at radius 1 is 1.13 bits per heavy atom. The van der Waals surface area contributed by atoms with Crippen LogP contribution in [0.1, 0.15) is 15.9 Å². The Labute approximate surface area is 178 Å². The zero-order valence-corrected chi connectivity index (χ0v) is 17.3. The van der Waals surface area contributed by atoms with Crippen LogP contribution in [0, 0.1) is 5.82 Å². The van der Waals surface area contributed by atoms with Gasteiger partial charge in [0, 0.05) is 13.1 Å². The van der Waals surface area contributed by atoms with Crippen LogP contribution in [0.2, 0.25) is 0 Å². The molecule has 0 bridgehead atoms. The molecule has 1 amide bonds. The molecule has 4 rings (SSSR count). The maximum Gasteiger partial charge on any atom is 0.261 e. The number of sulfonamides is 1. The number of nitrogens with one attached hydrogen (secondary N) is 1. The Balaban J connectivity index is 1.50. The summed E-state index contributed by atoms with van der Waals surface area (Å²) in [6.45, 7) is 1.41. The molecule has 9 nitrogen and oxygen atoms in total. The van der Waals surface area contributed by atoms with E-state index >= 15 is 0 Å². The second-order valence-electron chi connectivity index (χ2n) is 6.86. The van der Waals surface area contributed by atoms with Gasteiger partial charge in [0.1, 0.15) is 12.1 Å². The summed E-state index contributed by atoms with van der Waals surface area (Å²) in [5, 5.41) is 6.57. The van der Waals surface area contributed by atoms with Crippen LogP contribution in [-0.4, -0.2) is 59.7 Å². The third-order valence-corrected chi connectivity index (χ3v) is 6.63. The molecule has 11 heteroatoms. The van der Waals surface area contributed by atoms with Crippen molar-refractivity contribution < 1.29 is 22.3 Å². The number of morpholine rings is 1. The molecule has 1 aliphatic heterocycles. The number of halogens is 1. The van der Waals surface area contributed by atoms with Crippen molar-refractivity contribution in [1.29, 1.82) is 0 Å². The van der Waals surface area contributed by atoms with E-state index in [0.717, 1.165) is 23.8 Å². The van der Waals surface area contributed by atoms with Crippen molar-refractivity contribution in [2.75, 3.05) is 31.6 Å².